The van der Waals surface area contributed by atoms with E-state index < -0.39 is 0 Å². The Morgan fingerprint density at radius 1 is 0.372 bits per heavy atom. The molecule has 0 heterocycles. The SMILES string of the molecule is C1C2C3C4C5C6C7C8C[C@H]9C[C@H]%10C%11C%12C%13C%14%15C%16C%14%17C[C@H]%14C%18C1C21C32C43C54C65C76C8C7C9%10C%118C76C56C%128C%135C%157C%168C%14%17C%181C28C37C456. The second-order valence-corrected chi connectivity index (χ2v) is 28.0. The molecule has 31 aliphatic carbocycles. The van der Waals surface area contributed by atoms with E-state index in [-0.39, 0.29) is 0 Å². The Balaban J connectivity index is 0.938. The van der Waals surface area contributed by atoms with E-state index >= 15 is 0 Å². The molecule has 198 valence electrons. The van der Waals surface area contributed by atoms with Crippen LogP contribution in [0.15, 0.2) is 0 Å². The van der Waals surface area contributed by atoms with E-state index in [1.807, 2.05) is 25.7 Å². The maximum absolute atomic E-state index is 1.90. The molecule has 0 radical (unpaired) electrons. The molecule has 31 aliphatic rings. The molecule has 0 aromatic carbocycles. The third-order valence-electron chi connectivity index (χ3n) is 37.3. The van der Waals surface area contributed by atoms with Crippen molar-refractivity contribution in [2.45, 2.75) is 25.7 Å². The van der Waals surface area contributed by atoms with E-state index in [2.05, 4.69) is 0 Å². The Morgan fingerprint density at radius 3 is 2.16 bits per heavy atom. The van der Waals surface area contributed by atoms with Gasteiger partial charge in [-0.2, -0.15) is 0 Å². The van der Waals surface area contributed by atoms with Gasteiger partial charge >= 0.3 is 0 Å². The van der Waals surface area contributed by atoms with Gasteiger partial charge in [-0.3, -0.25) is 0 Å². The van der Waals surface area contributed by atoms with Gasteiger partial charge in [-0.05, 0) is 246 Å². The molecule has 0 aliphatic heterocycles. The number of hydrogen-bond acceptors (Lipinski definition) is 0. The van der Waals surface area contributed by atoms with Crippen LogP contribution < -0.4 is 0 Å². The molecule has 21 spiro atoms. The second kappa shape index (κ2) is 2.09. The maximum atomic E-state index is 1.90. The topological polar surface area (TPSA) is 0 Å². The zero-order valence-electron chi connectivity index (χ0n) is 23.7. The fraction of sp³-hybridized carbons (Fsp3) is 1.00. The average Bonchev–Trinajstić information content (AvgIpc) is 3.38. The summed E-state index contributed by atoms with van der Waals surface area (Å²) in [6.07, 6.45) is 7.40. The van der Waals surface area contributed by atoms with Crippen molar-refractivity contribution in [3.8, 4) is 0 Å². The Hall–Kier alpha value is 0. The highest BCUT2D eigenvalue weighted by Crippen LogP contribution is 3.69. The first kappa shape index (κ1) is 14.2. The zero-order valence-corrected chi connectivity index (χ0v) is 23.7. The highest BCUT2D eigenvalue weighted by atomic mass is 15.7. The summed E-state index contributed by atoms with van der Waals surface area (Å²) in [5.41, 5.74) is 23.8. The third kappa shape index (κ3) is 0.302. The summed E-state index contributed by atoms with van der Waals surface area (Å²) >= 11 is 0. The molecule has 43 heavy (non-hydrogen) atoms. The van der Waals surface area contributed by atoms with Gasteiger partial charge in [0.2, 0.25) is 0 Å². The van der Waals surface area contributed by atoms with Gasteiger partial charge in [0.1, 0.15) is 0 Å². The van der Waals surface area contributed by atoms with Crippen LogP contribution in [-0.2, 0) is 0 Å². The lowest BCUT2D eigenvalue weighted by Gasteiger charge is -3.61. The molecule has 0 bridgehead atoms. The molecule has 31 rings (SSSR count). The highest BCUT2D eigenvalue weighted by molar-refractivity contribution is 6.12. The summed E-state index contributed by atoms with van der Waals surface area (Å²) in [7, 11) is 0. The Labute approximate surface area is 245 Å². The number of fused-ring (bicyclic) bond motifs is 11. The van der Waals surface area contributed by atoms with E-state index in [4.69, 9.17) is 0 Å². The molecule has 0 saturated heterocycles. The second-order valence-electron chi connectivity index (χ2n) is 28.0. The minimum absolute atomic E-state index is 1.08. The number of rotatable bonds is 0. The molecule has 36 unspecified atom stereocenters. The molecule has 31 saturated carbocycles. The Morgan fingerprint density at radius 2 is 1.16 bits per heavy atom. The van der Waals surface area contributed by atoms with Crippen molar-refractivity contribution in [2.75, 3.05) is 0 Å². The quantitative estimate of drug-likeness (QED) is 0.437. The summed E-state index contributed by atoms with van der Waals surface area (Å²) in [4.78, 5) is 0. The molecule has 0 aromatic rings. The molecule has 0 amide bonds. The van der Waals surface area contributed by atoms with Crippen molar-refractivity contribution >= 4 is 0 Å². The van der Waals surface area contributed by atoms with Crippen molar-refractivity contribution in [3.63, 3.8) is 0 Å². The lowest BCUT2D eigenvalue weighted by Crippen LogP contribution is -3.60. The van der Waals surface area contributed by atoms with Crippen LogP contribution in [0.4, 0.5) is 0 Å². The maximum Gasteiger partial charge on any atom is -0.000437 e. The van der Waals surface area contributed by atoms with Gasteiger partial charge in [-0.25, -0.2) is 0 Å². The van der Waals surface area contributed by atoms with Crippen molar-refractivity contribution in [1.82, 2.24) is 0 Å². The van der Waals surface area contributed by atoms with Crippen LogP contribution >= 0.6 is 0 Å². The van der Waals surface area contributed by atoms with Gasteiger partial charge in [0, 0.05) is 0 Å². The van der Waals surface area contributed by atoms with Crippen LogP contribution in [0.5, 0.6) is 0 Å². The molecule has 0 aromatic heterocycles. The molecular weight excluding hydrogens is 516 g/mol. The van der Waals surface area contributed by atoms with Crippen LogP contribution in [0.2, 0.25) is 0 Å². The van der Waals surface area contributed by atoms with Gasteiger partial charge < -0.3 is 0 Å². The molecule has 31 fully saturated rings. The van der Waals surface area contributed by atoms with E-state index in [1.54, 1.807) is 0 Å². The fourth-order valence-corrected chi connectivity index (χ4v) is 47.4. The molecule has 0 nitrogen and oxygen atoms in total. The summed E-state index contributed by atoms with van der Waals surface area (Å²) in [5.74, 6) is 25.1. The van der Waals surface area contributed by atoms with Gasteiger partial charge in [0.25, 0.3) is 0 Å². The Bertz CT molecular complexity index is 2770. The molecular formula is C43H26. The van der Waals surface area contributed by atoms with Crippen molar-refractivity contribution in [2.24, 2.45) is 220 Å². The van der Waals surface area contributed by atoms with E-state index in [0.717, 1.165) is 114 Å². The molecule has 0 heteroatoms. The summed E-state index contributed by atoms with van der Waals surface area (Å²) in [6, 6.07) is 0. The van der Waals surface area contributed by atoms with Crippen LogP contribution in [0.25, 0.3) is 0 Å². The first-order valence-corrected chi connectivity index (χ1v) is 21.4. The van der Waals surface area contributed by atoms with Gasteiger partial charge in [-0.1, -0.05) is 0 Å². The van der Waals surface area contributed by atoms with Gasteiger partial charge in [0.05, 0.1) is 0 Å². The van der Waals surface area contributed by atoms with E-state index in [1.165, 1.54) is 107 Å². The largest absolute Gasteiger partial charge is 0.0464 e. The summed E-state index contributed by atoms with van der Waals surface area (Å²) in [5, 5.41) is 0. The normalized spacial score (nSPS) is 141. The number of hydrogen-bond donors (Lipinski definition) is 0. The average molecular weight is 543 g/mol. The van der Waals surface area contributed by atoms with Crippen molar-refractivity contribution in [1.29, 1.82) is 0 Å². The highest BCUT2D eigenvalue weighted by Gasteiger charge is 3.68. The molecule has 0 N–H and O–H groups in total. The van der Waals surface area contributed by atoms with Gasteiger partial charge in [-0.15, -0.1) is 0 Å². The van der Waals surface area contributed by atoms with Crippen LogP contribution in [-0.4, -0.2) is 0 Å². The van der Waals surface area contributed by atoms with Crippen LogP contribution in [0.3, 0.4) is 0 Å². The smallest absolute Gasteiger partial charge is 0.000437 e. The Kier molecular flexibility index (Phi) is 0.690. The van der Waals surface area contributed by atoms with Crippen molar-refractivity contribution in [3.05, 3.63) is 0 Å². The van der Waals surface area contributed by atoms with Gasteiger partial charge in [0.15, 0.2) is 0 Å². The molecule has 39 atom stereocenters. The van der Waals surface area contributed by atoms with Crippen molar-refractivity contribution < 1.29 is 0 Å². The fourth-order valence-electron chi connectivity index (χ4n) is 47.4. The first-order valence-electron chi connectivity index (χ1n) is 21.4. The monoisotopic (exact) mass is 542 g/mol. The first-order chi connectivity index (χ1) is 21.4. The lowest BCUT2D eigenvalue weighted by molar-refractivity contribution is -1.17. The minimum atomic E-state index is 1.08. The minimum Gasteiger partial charge on any atom is -0.0464 e. The predicted octanol–water partition coefficient (Wildman–Crippen LogP) is 3.77. The third-order valence-corrected chi connectivity index (χ3v) is 37.3. The van der Waals surface area contributed by atoms with Crippen LogP contribution in [0.1, 0.15) is 25.7 Å². The van der Waals surface area contributed by atoms with E-state index in [0.29, 0.717) is 0 Å². The lowest BCUT2D eigenvalue weighted by atomic mass is 8.41. The predicted molar refractivity (Wildman–Crippen MR) is 132 cm³/mol. The standard InChI is InChI=1S/C43H26/c1-5-2-7-14-19-21-27-22-23(27)4-10-13-8-3-9-15-17-18-16-11-6(1)12-20-24(5,7)29(14)35(19)37(21)39(27)38(22)28(10,23)30(13)25(8,9)31(15)34(17)33(18)32(16)26(11,12)36(20,29)41(32,35)42(33,37)43(34,39)40(30,31)38/h5-22H,1-4H2/t5-,6?,7-,8?,9?,10-,11?,12?,13?,14?,15?,16?,17?,18?,19?,20?,21?,22?,23?,24?,25?,26?,27?,28?,29?,30?,31?,32?,33?,34?,35?,36?,37?,38?,39?,40?,41?,42?,43?/m0/s1. The summed E-state index contributed by atoms with van der Waals surface area (Å²) in [6.45, 7) is 0. The van der Waals surface area contributed by atoms with Crippen LogP contribution in [0, 0.1) is 220 Å². The van der Waals surface area contributed by atoms with E-state index in [9.17, 15) is 0 Å². The summed E-state index contributed by atoms with van der Waals surface area (Å²) < 4.78 is 0. The zero-order chi connectivity index (χ0) is 23.7.